The van der Waals surface area contributed by atoms with Crippen LogP contribution in [0.25, 0.3) is 11.0 Å². The molecule has 0 aliphatic carbocycles. The monoisotopic (exact) mass is 382 g/mol. The quantitative estimate of drug-likeness (QED) is 0.708. The minimum atomic E-state index is -0.237. The van der Waals surface area contributed by atoms with Gasteiger partial charge < -0.3 is 14.8 Å². The first kappa shape index (κ1) is 18.4. The van der Waals surface area contributed by atoms with Crippen molar-refractivity contribution in [3.8, 4) is 0 Å². The van der Waals surface area contributed by atoms with Gasteiger partial charge in [0.2, 0.25) is 0 Å². The van der Waals surface area contributed by atoms with E-state index >= 15 is 0 Å². The normalized spacial score (nSPS) is 14.5. The number of carbonyl (C=O) groups is 1. The van der Waals surface area contributed by atoms with Gasteiger partial charge in [0.25, 0.3) is 5.91 Å². The molecule has 0 saturated carbocycles. The molecule has 146 valence electrons. The molecule has 1 aliphatic rings. The van der Waals surface area contributed by atoms with Gasteiger partial charge in [0, 0.05) is 49.9 Å². The first-order chi connectivity index (χ1) is 13.2. The third-order valence-corrected chi connectivity index (χ3v) is 5.34. The smallest absolute Gasteiger partial charge is 0.256 e. The predicted molar refractivity (Wildman–Crippen MR) is 111 cm³/mol. The van der Waals surface area contributed by atoms with Crippen molar-refractivity contribution in [2.24, 2.45) is 7.05 Å². The van der Waals surface area contributed by atoms with Crippen LogP contribution in [-0.4, -0.2) is 55.1 Å². The Morgan fingerprint density at radius 2 is 1.89 bits per heavy atom. The van der Waals surface area contributed by atoms with E-state index < -0.39 is 0 Å². The number of nitrogens with zero attached hydrogens (tertiary/aromatic N) is 4. The van der Waals surface area contributed by atoms with Crippen LogP contribution < -0.4 is 9.80 Å². The topological polar surface area (TPSA) is 50.2 Å². The summed E-state index contributed by atoms with van der Waals surface area (Å²) in [7, 11) is 9.55. The fraction of sp³-hybridized carbons (Fsp3) is 0.333. The van der Waals surface area contributed by atoms with Crippen molar-refractivity contribution < 1.29 is 9.18 Å². The molecule has 4 rings (SSSR count). The van der Waals surface area contributed by atoms with Crippen LogP contribution in [0.4, 0.5) is 21.6 Å². The summed E-state index contributed by atoms with van der Waals surface area (Å²) in [6.07, 6.45) is 0.817. The van der Waals surface area contributed by atoms with Gasteiger partial charge in [-0.05, 0) is 24.3 Å². The summed E-state index contributed by atoms with van der Waals surface area (Å²) in [5.41, 5.74) is 3.91. The molecule has 1 aromatic carbocycles. The van der Waals surface area contributed by atoms with Crippen molar-refractivity contribution in [1.82, 2.24) is 18.9 Å². The fourth-order valence-electron chi connectivity index (χ4n) is 3.77. The molecule has 28 heavy (non-hydrogen) atoms. The molecule has 0 bridgehead atoms. The van der Waals surface area contributed by atoms with Crippen LogP contribution >= 0.6 is 0 Å². The molecule has 3 aromatic rings. The zero-order chi connectivity index (χ0) is 20.2. The van der Waals surface area contributed by atoms with E-state index in [0.29, 0.717) is 22.5 Å². The molecule has 1 N–H and O–H groups in total. The number of carbonyl (C=O) groups excluding carboxylic acids is 1. The lowest BCUT2D eigenvalue weighted by molar-refractivity contribution is 0.0781. The Morgan fingerprint density at radius 1 is 1.14 bits per heavy atom. The number of pyridine rings is 1. The molecule has 0 saturated heterocycles. The average molecular weight is 382 g/mol. The maximum atomic E-state index is 14.2. The number of hydrogen-bond donors (Lipinski definition) is 1. The minimum Gasteiger partial charge on any atom is -0.341 e. The third kappa shape index (κ3) is 2.92. The van der Waals surface area contributed by atoms with Crippen molar-refractivity contribution in [1.29, 1.82) is 0 Å². The van der Waals surface area contributed by atoms with E-state index in [4.69, 9.17) is 4.98 Å². The molecule has 0 atom stereocenters. The number of fused-ring (bicyclic) bond motifs is 3. The van der Waals surface area contributed by atoms with Crippen LogP contribution in [-0.2, 0) is 13.5 Å². The lowest BCUT2D eigenvalue weighted by atomic mass is 10.0. The lowest BCUT2D eigenvalue weighted by Crippen LogP contribution is -2.35. The van der Waals surface area contributed by atoms with Gasteiger partial charge >= 0.3 is 0 Å². The van der Waals surface area contributed by atoms with Crippen molar-refractivity contribution in [3.63, 3.8) is 0 Å². The van der Waals surface area contributed by atoms with E-state index in [1.807, 2.05) is 51.9 Å². The molecule has 2 aromatic heterocycles. The van der Waals surface area contributed by atoms with Gasteiger partial charge in [0.15, 0.2) is 11.5 Å². The van der Waals surface area contributed by atoms with E-state index in [2.05, 4.69) is 5.32 Å². The summed E-state index contributed by atoms with van der Waals surface area (Å²) in [6.45, 7) is 0.713. The van der Waals surface area contributed by atoms with Gasteiger partial charge in [-0.3, -0.25) is 9.28 Å². The van der Waals surface area contributed by atoms with Crippen LogP contribution in [0, 0.1) is 5.82 Å². The molecule has 0 spiro atoms. The highest BCUT2D eigenvalue weighted by Gasteiger charge is 2.28. The van der Waals surface area contributed by atoms with E-state index in [0.717, 1.165) is 34.4 Å². The molecule has 1 amide bonds. The van der Waals surface area contributed by atoms with Crippen LogP contribution in [0.3, 0.4) is 0 Å². The number of benzene rings is 1. The zero-order valence-electron chi connectivity index (χ0n) is 16.9. The zero-order valence-corrected chi connectivity index (χ0v) is 16.9. The molecule has 1 aliphatic heterocycles. The van der Waals surface area contributed by atoms with Gasteiger partial charge in [0.1, 0.15) is 11.5 Å². The van der Waals surface area contributed by atoms with Gasteiger partial charge in [-0.1, -0.05) is 0 Å². The SMILES string of the molecule is CN1CCc2c(c3ccc(Nc4ccc(F)c([N+](C)(C)C)c4)nc3n2C)C1=O. The number of amides is 1. The largest absolute Gasteiger partial charge is 0.341 e. The number of rotatable bonds is 3. The van der Waals surface area contributed by atoms with Crippen LogP contribution in [0.1, 0.15) is 16.1 Å². The Morgan fingerprint density at radius 3 is 2.61 bits per heavy atom. The number of likely N-dealkylation sites (N-methyl/N-ethyl adjacent to an activating group) is 1. The number of hydrogen-bond acceptors (Lipinski definition) is 3. The second-order valence-corrected chi connectivity index (χ2v) is 8.23. The summed E-state index contributed by atoms with van der Waals surface area (Å²) < 4.78 is 16.6. The number of nitrogens with one attached hydrogen (secondary N) is 1. The molecule has 0 radical (unpaired) electrons. The lowest BCUT2D eigenvalue weighted by Gasteiger charge is -2.24. The van der Waals surface area contributed by atoms with Crippen LogP contribution in [0.2, 0.25) is 0 Å². The standard InChI is InChI=1S/C21H25FN5O/c1-25-11-10-16-19(21(25)28)14-7-9-18(24-20(14)26(16)2)23-13-6-8-15(22)17(12-13)27(3,4)5/h6-9,12H,10-11H2,1-5H3,(H,23,24)/q+1. The van der Waals surface area contributed by atoms with Crippen molar-refractivity contribution >= 4 is 34.1 Å². The van der Waals surface area contributed by atoms with E-state index in [1.165, 1.54) is 6.07 Å². The number of quaternary nitrogens is 1. The molecule has 0 fully saturated rings. The maximum Gasteiger partial charge on any atom is 0.256 e. The Balaban J connectivity index is 1.74. The highest BCUT2D eigenvalue weighted by Crippen LogP contribution is 2.31. The molecule has 7 heteroatoms. The Labute approximate surface area is 163 Å². The van der Waals surface area contributed by atoms with Gasteiger partial charge in [-0.25, -0.2) is 9.37 Å². The van der Waals surface area contributed by atoms with Crippen LogP contribution in [0.15, 0.2) is 30.3 Å². The first-order valence-electron chi connectivity index (χ1n) is 9.29. The van der Waals surface area contributed by atoms with Gasteiger partial charge in [-0.15, -0.1) is 0 Å². The summed E-state index contributed by atoms with van der Waals surface area (Å²) in [5.74, 6) is 0.463. The number of aryl methyl sites for hydroxylation is 1. The Hall–Kier alpha value is -2.93. The van der Waals surface area contributed by atoms with E-state index in [-0.39, 0.29) is 11.7 Å². The predicted octanol–water partition coefficient (Wildman–Crippen LogP) is 3.28. The molecular weight excluding hydrogens is 357 g/mol. The molecule has 6 nitrogen and oxygen atoms in total. The highest BCUT2D eigenvalue weighted by atomic mass is 19.1. The molecular formula is C21H25FN5O+. The summed E-state index contributed by atoms with van der Waals surface area (Å²) in [5, 5.41) is 4.13. The van der Waals surface area contributed by atoms with Gasteiger partial charge in [-0.2, -0.15) is 0 Å². The number of aromatic nitrogens is 2. The van der Waals surface area contributed by atoms with Crippen molar-refractivity contribution in [3.05, 3.63) is 47.4 Å². The number of halogens is 1. The third-order valence-electron chi connectivity index (χ3n) is 5.34. The Kier molecular flexibility index (Phi) is 4.15. The average Bonchev–Trinajstić information content (AvgIpc) is 2.91. The van der Waals surface area contributed by atoms with Crippen LogP contribution in [0.5, 0.6) is 0 Å². The summed E-state index contributed by atoms with van der Waals surface area (Å²) in [6, 6.07) is 8.77. The molecule has 3 heterocycles. The summed E-state index contributed by atoms with van der Waals surface area (Å²) in [4.78, 5) is 19.1. The second kappa shape index (κ2) is 6.31. The summed E-state index contributed by atoms with van der Waals surface area (Å²) >= 11 is 0. The highest BCUT2D eigenvalue weighted by molar-refractivity contribution is 6.08. The van der Waals surface area contributed by atoms with Crippen molar-refractivity contribution in [2.75, 3.05) is 40.1 Å². The Bertz CT molecular complexity index is 1100. The van der Waals surface area contributed by atoms with Crippen molar-refractivity contribution in [2.45, 2.75) is 6.42 Å². The minimum absolute atomic E-state index is 0.0421. The molecule has 0 unspecified atom stereocenters. The van der Waals surface area contributed by atoms with E-state index in [9.17, 15) is 9.18 Å². The fourth-order valence-corrected chi connectivity index (χ4v) is 3.77. The first-order valence-corrected chi connectivity index (χ1v) is 9.29. The second-order valence-electron chi connectivity index (χ2n) is 8.23. The van der Waals surface area contributed by atoms with Gasteiger partial charge in [0.05, 0.1) is 26.7 Å². The maximum absolute atomic E-state index is 14.2. The van der Waals surface area contributed by atoms with E-state index in [1.54, 1.807) is 17.0 Å². The number of anilines is 2.